The second-order valence-electron chi connectivity index (χ2n) is 9.13. The minimum atomic E-state index is 0.372. The van der Waals surface area contributed by atoms with Crippen molar-refractivity contribution in [1.29, 1.82) is 0 Å². The Bertz CT molecular complexity index is 1730. The van der Waals surface area contributed by atoms with Gasteiger partial charge in [-0.15, -0.1) is 0 Å². The maximum Gasteiger partial charge on any atom is 0.135 e. The maximum atomic E-state index is 4.98. The van der Waals surface area contributed by atoms with Gasteiger partial charge in [-0.05, 0) is 54.8 Å². The van der Waals surface area contributed by atoms with Crippen molar-refractivity contribution in [2.75, 3.05) is 5.32 Å². The molecule has 6 heterocycles. The zero-order chi connectivity index (χ0) is 25.4. The normalized spacial score (nSPS) is 12.2. The van der Waals surface area contributed by atoms with E-state index in [9.17, 15) is 0 Å². The molecule has 6 aromatic heterocycles. The van der Waals surface area contributed by atoms with E-state index in [4.69, 9.17) is 4.98 Å². The molecule has 0 spiro atoms. The molecule has 8 heteroatoms. The van der Waals surface area contributed by atoms with E-state index in [1.54, 1.807) is 24.8 Å². The number of hydrogen-bond donors (Lipinski definition) is 3. The summed E-state index contributed by atoms with van der Waals surface area (Å²) in [6.45, 7) is 8.47. The molecule has 0 bridgehead atoms. The Labute approximate surface area is 214 Å². The van der Waals surface area contributed by atoms with Crippen LogP contribution in [0.1, 0.15) is 20.3 Å². The highest BCUT2D eigenvalue weighted by Gasteiger charge is 2.16. The van der Waals surface area contributed by atoms with Gasteiger partial charge >= 0.3 is 0 Å². The summed E-state index contributed by atoms with van der Waals surface area (Å²) in [5.74, 6) is 0.372. The lowest BCUT2D eigenvalue weighted by atomic mass is 10.1. The number of nitrogens with one attached hydrogen (secondary N) is 3. The van der Waals surface area contributed by atoms with Crippen molar-refractivity contribution in [3.05, 3.63) is 85.7 Å². The van der Waals surface area contributed by atoms with Gasteiger partial charge < -0.3 is 10.3 Å². The third kappa shape index (κ3) is 4.23. The summed E-state index contributed by atoms with van der Waals surface area (Å²) in [5.41, 5.74) is 9.74. The lowest BCUT2D eigenvalue weighted by Crippen LogP contribution is -2.07. The van der Waals surface area contributed by atoms with Crippen LogP contribution in [-0.2, 0) is 0 Å². The average Bonchev–Trinajstić information content (AvgIpc) is 3.56. The Morgan fingerprint density at radius 1 is 0.946 bits per heavy atom. The zero-order valence-corrected chi connectivity index (χ0v) is 20.7. The number of aromatic nitrogens is 7. The quantitative estimate of drug-likeness (QED) is 0.235. The van der Waals surface area contributed by atoms with Crippen LogP contribution in [0.5, 0.6) is 0 Å². The summed E-state index contributed by atoms with van der Waals surface area (Å²) in [5, 5.41) is 12.1. The van der Waals surface area contributed by atoms with Crippen LogP contribution in [0.3, 0.4) is 0 Å². The van der Waals surface area contributed by atoms with Crippen molar-refractivity contribution in [1.82, 2.24) is 35.1 Å². The highest BCUT2D eigenvalue weighted by atomic mass is 15.1. The fraction of sp³-hybridized carbons (Fsp3) is 0.138. The Kier molecular flexibility index (Phi) is 5.69. The third-order valence-electron chi connectivity index (χ3n) is 6.71. The Morgan fingerprint density at radius 2 is 1.81 bits per heavy atom. The molecule has 0 saturated carbocycles. The molecule has 1 unspecified atom stereocenters. The topological polar surface area (TPSA) is 108 Å². The number of fused-ring (bicyclic) bond motifs is 2. The first-order valence-corrected chi connectivity index (χ1v) is 12.3. The summed E-state index contributed by atoms with van der Waals surface area (Å²) in [7, 11) is 0. The first-order valence-electron chi connectivity index (χ1n) is 12.3. The minimum absolute atomic E-state index is 0.372. The molecular formula is C29H26N8. The van der Waals surface area contributed by atoms with Crippen LogP contribution in [0.2, 0.25) is 0 Å². The monoisotopic (exact) mass is 486 g/mol. The molecule has 1 atom stereocenters. The smallest absolute Gasteiger partial charge is 0.135 e. The van der Waals surface area contributed by atoms with E-state index in [1.807, 2.05) is 42.6 Å². The summed E-state index contributed by atoms with van der Waals surface area (Å²) in [4.78, 5) is 21.6. The number of hydrogen-bond acceptors (Lipinski definition) is 6. The standard InChI is InChI=1S/C29H26N8/c1-4-17(2)18(3)33-21-13-20(15-31-16-21)23-5-6-25-28(35-23)29(37-36-25)26-14-22-24(34-26)9-12-32-27(22)19-7-10-30-11-8-19/h5-17,33-34H,3-4H2,1-2H3,(H,36,37). The number of rotatable bonds is 7. The van der Waals surface area contributed by atoms with Crippen LogP contribution >= 0.6 is 0 Å². The van der Waals surface area contributed by atoms with Crippen LogP contribution in [0, 0.1) is 5.92 Å². The van der Waals surface area contributed by atoms with E-state index >= 15 is 0 Å². The number of anilines is 1. The van der Waals surface area contributed by atoms with E-state index in [1.165, 1.54) is 0 Å². The molecule has 0 aromatic carbocycles. The number of H-pyrrole nitrogens is 2. The first kappa shape index (κ1) is 22.6. The lowest BCUT2D eigenvalue weighted by molar-refractivity contribution is 0.662. The van der Waals surface area contributed by atoms with Gasteiger partial charge in [-0.2, -0.15) is 5.10 Å². The van der Waals surface area contributed by atoms with Crippen LogP contribution in [0.4, 0.5) is 5.69 Å². The van der Waals surface area contributed by atoms with Crippen LogP contribution in [0.25, 0.3) is 55.8 Å². The number of aromatic amines is 2. The van der Waals surface area contributed by atoms with Crippen molar-refractivity contribution in [2.24, 2.45) is 5.92 Å². The summed E-state index contributed by atoms with van der Waals surface area (Å²) in [6.07, 6.45) is 10.00. The molecule has 182 valence electrons. The van der Waals surface area contributed by atoms with Gasteiger partial charge in [0.25, 0.3) is 0 Å². The molecule has 0 saturated heterocycles. The Hall–Kier alpha value is -4.85. The molecule has 37 heavy (non-hydrogen) atoms. The van der Waals surface area contributed by atoms with Crippen molar-refractivity contribution >= 4 is 27.6 Å². The second-order valence-corrected chi connectivity index (χ2v) is 9.13. The van der Waals surface area contributed by atoms with Crippen LogP contribution < -0.4 is 5.32 Å². The van der Waals surface area contributed by atoms with Gasteiger partial charge in [0.05, 0.1) is 34.5 Å². The molecule has 8 nitrogen and oxygen atoms in total. The van der Waals surface area contributed by atoms with Crippen molar-refractivity contribution < 1.29 is 0 Å². The molecule has 0 aliphatic heterocycles. The van der Waals surface area contributed by atoms with E-state index in [-0.39, 0.29) is 0 Å². The van der Waals surface area contributed by atoms with Gasteiger partial charge in [-0.25, -0.2) is 4.98 Å². The molecule has 0 aliphatic rings. The molecule has 0 fully saturated rings. The second kappa shape index (κ2) is 9.31. The van der Waals surface area contributed by atoms with Crippen molar-refractivity contribution in [3.63, 3.8) is 0 Å². The molecule has 6 rings (SSSR count). The van der Waals surface area contributed by atoms with Gasteiger partial charge in [0.15, 0.2) is 0 Å². The van der Waals surface area contributed by atoms with Gasteiger partial charge in [0.1, 0.15) is 11.2 Å². The van der Waals surface area contributed by atoms with E-state index in [2.05, 4.69) is 61.9 Å². The summed E-state index contributed by atoms with van der Waals surface area (Å²) >= 11 is 0. The Balaban J connectivity index is 1.39. The molecule has 0 radical (unpaired) electrons. The minimum Gasteiger partial charge on any atom is -0.358 e. The fourth-order valence-electron chi connectivity index (χ4n) is 4.37. The molecule has 0 amide bonds. The van der Waals surface area contributed by atoms with Crippen molar-refractivity contribution in [2.45, 2.75) is 20.3 Å². The zero-order valence-electron chi connectivity index (χ0n) is 20.7. The summed E-state index contributed by atoms with van der Waals surface area (Å²) in [6, 6.07) is 14.0. The van der Waals surface area contributed by atoms with Crippen LogP contribution in [0.15, 0.2) is 85.7 Å². The summed E-state index contributed by atoms with van der Waals surface area (Å²) < 4.78 is 0. The van der Waals surface area contributed by atoms with E-state index < -0.39 is 0 Å². The predicted octanol–water partition coefficient (Wildman–Crippen LogP) is 6.60. The largest absolute Gasteiger partial charge is 0.358 e. The van der Waals surface area contributed by atoms with Gasteiger partial charge in [-0.3, -0.25) is 20.1 Å². The average molecular weight is 487 g/mol. The molecule has 3 N–H and O–H groups in total. The lowest BCUT2D eigenvalue weighted by Gasteiger charge is -2.15. The van der Waals surface area contributed by atoms with Gasteiger partial charge in [0, 0.05) is 52.5 Å². The fourth-order valence-corrected chi connectivity index (χ4v) is 4.37. The number of pyridine rings is 4. The highest BCUT2D eigenvalue weighted by Crippen LogP contribution is 2.33. The maximum absolute atomic E-state index is 4.98. The molecule has 0 aliphatic carbocycles. The first-order chi connectivity index (χ1) is 18.1. The van der Waals surface area contributed by atoms with Crippen LogP contribution in [-0.4, -0.2) is 35.1 Å². The molecule has 6 aromatic rings. The van der Waals surface area contributed by atoms with Gasteiger partial charge in [0.2, 0.25) is 0 Å². The number of nitrogens with zero attached hydrogens (tertiary/aromatic N) is 5. The predicted molar refractivity (Wildman–Crippen MR) is 148 cm³/mol. The van der Waals surface area contributed by atoms with E-state index in [0.717, 1.165) is 73.6 Å². The third-order valence-corrected chi connectivity index (χ3v) is 6.71. The highest BCUT2D eigenvalue weighted by molar-refractivity contribution is 5.99. The van der Waals surface area contributed by atoms with Gasteiger partial charge in [-0.1, -0.05) is 20.4 Å². The van der Waals surface area contributed by atoms with Crippen molar-refractivity contribution in [3.8, 4) is 33.9 Å². The molecular weight excluding hydrogens is 460 g/mol. The SMILES string of the molecule is C=C(Nc1cncc(-c2ccc3[nH]nc(-c4cc5c(-c6ccncc6)nccc5[nH]4)c3n2)c1)C(C)CC. The number of allylic oxidation sites excluding steroid dienone is 1. The Morgan fingerprint density at radius 3 is 2.65 bits per heavy atom. The van der Waals surface area contributed by atoms with E-state index in [0.29, 0.717) is 5.92 Å².